The van der Waals surface area contributed by atoms with Crippen LogP contribution in [-0.2, 0) is 6.54 Å². The van der Waals surface area contributed by atoms with Crippen molar-refractivity contribution in [1.82, 2.24) is 34.3 Å². The van der Waals surface area contributed by atoms with Crippen molar-refractivity contribution in [2.24, 2.45) is 0 Å². The Labute approximate surface area is 152 Å². The van der Waals surface area contributed by atoms with E-state index < -0.39 is 0 Å². The number of aryl methyl sites for hydroxylation is 1. The zero-order chi connectivity index (χ0) is 18.1. The molecule has 1 aliphatic rings. The van der Waals surface area contributed by atoms with Crippen LogP contribution < -0.4 is 5.69 Å². The molecule has 0 amide bonds. The molecule has 4 rings (SSSR count). The van der Waals surface area contributed by atoms with E-state index in [0.717, 1.165) is 43.6 Å². The average Bonchev–Trinajstić information content (AvgIpc) is 3.33. The fraction of sp³-hybridized carbons (Fsp3) is 0.500. The van der Waals surface area contributed by atoms with Gasteiger partial charge in [-0.15, -0.1) is 5.10 Å². The third kappa shape index (κ3) is 3.17. The van der Waals surface area contributed by atoms with Crippen molar-refractivity contribution in [2.75, 3.05) is 33.7 Å². The second-order valence-corrected chi connectivity index (χ2v) is 7.19. The Kier molecular flexibility index (Phi) is 4.60. The number of H-pyrrole nitrogens is 1. The first-order chi connectivity index (χ1) is 12.6. The van der Waals surface area contributed by atoms with Crippen LogP contribution in [0.4, 0.5) is 0 Å². The molecule has 1 fully saturated rings. The number of nitrogens with zero attached hydrogens (tertiary/aromatic N) is 6. The van der Waals surface area contributed by atoms with Crippen LogP contribution in [-0.4, -0.2) is 74.1 Å². The van der Waals surface area contributed by atoms with Crippen LogP contribution in [0.15, 0.2) is 41.5 Å². The molecule has 0 saturated carbocycles. The van der Waals surface area contributed by atoms with Gasteiger partial charge >= 0.3 is 5.69 Å². The van der Waals surface area contributed by atoms with Gasteiger partial charge < -0.3 is 9.88 Å². The van der Waals surface area contributed by atoms with Gasteiger partial charge in [-0.1, -0.05) is 17.3 Å². The van der Waals surface area contributed by atoms with E-state index in [-0.39, 0.29) is 5.69 Å². The first-order valence-electron chi connectivity index (χ1n) is 9.05. The molecule has 1 N–H and O–H groups in total. The Morgan fingerprint density at radius 1 is 1.23 bits per heavy atom. The van der Waals surface area contributed by atoms with Gasteiger partial charge in [-0.3, -0.25) is 9.47 Å². The molecule has 0 aliphatic carbocycles. The minimum absolute atomic E-state index is 0.0284. The molecule has 26 heavy (non-hydrogen) atoms. The van der Waals surface area contributed by atoms with E-state index in [4.69, 9.17) is 0 Å². The Hall–Kier alpha value is -2.45. The quantitative estimate of drug-likeness (QED) is 0.708. The monoisotopic (exact) mass is 355 g/mol. The minimum atomic E-state index is -0.0284. The molecule has 2 aromatic heterocycles. The number of nitrogens with one attached hydrogen (secondary N) is 1. The SMILES string of the molecule is CN(C)[C@@H]1CN(CCCn2c(=O)[nH]c3ccccc32)C[C@@H]1n1ccnn1. The van der Waals surface area contributed by atoms with Crippen molar-refractivity contribution >= 4 is 11.0 Å². The molecule has 2 atom stereocenters. The first kappa shape index (κ1) is 17.0. The summed E-state index contributed by atoms with van der Waals surface area (Å²) in [6.45, 7) is 3.64. The largest absolute Gasteiger partial charge is 0.326 e. The average molecular weight is 355 g/mol. The van der Waals surface area contributed by atoms with E-state index in [0.29, 0.717) is 12.1 Å². The molecule has 8 heteroatoms. The van der Waals surface area contributed by atoms with Crippen LogP contribution in [0.1, 0.15) is 12.5 Å². The molecule has 0 spiro atoms. The van der Waals surface area contributed by atoms with E-state index in [1.807, 2.05) is 39.7 Å². The third-order valence-corrected chi connectivity index (χ3v) is 5.32. The van der Waals surface area contributed by atoms with Crippen LogP contribution >= 0.6 is 0 Å². The Morgan fingerprint density at radius 2 is 2.08 bits per heavy atom. The summed E-state index contributed by atoms with van der Waals surface area (Å²) in [5.41, 5.74) is 1.85. The number of fused-ring (bicyclic) bond motifs is 1. The summed E-state index contributed by atoms with van der Waals surface area (Å²) in [6, 6.07) is 8.57. The lowest BCUT2D eigenvalue weighted by molar-refractivity contribution is 0.237. The van der Waals surface area contributed by atoms with E-state index in [2.05, 4.69) is 39.2 Å². The van der Waals surface area contributed by atoms with Crippen molar-refractivity contribution in [3.05, 3.63) is 47.1 Å². The van der Waals surface area contributed by atoms with Crippen molar-refractivity contribution in [3.63, 3.8) is 0 Å². The highest BCUT2D eigenvalue weighted by atomic mass is 16.1. The molecule has 3 heterocycles. The van der Waals surface area contributed by atoms with Gasteiger partial charge in [0.25, 0.3) is 0 Å². The van der Waals surface area contributed by atoms with Gasteiger partial charge in [0.2, 0.25) is 0 Å². The molecule has 0 unspecified atom stereocenters. The standard InChI is InChI=1S/C18H25N7O/c1-22(2)16-12-23(13-17(16)25-11-8-19-21-25)9-5-10-24-15-7-4-3-6-14(15)20-18(24)26/h3-4,6-8,11,16-17H,5,9-10,12-13H2,1-2H3,(H,20,26)/t16-,17+/m1/s1. The van der Waals surface area contributed by atoms with Crippen LogP contribution in [0.5, 0.6) is 0 Å². The van der Waals surface area contributed by atoms with Crippen LogP contribution in [0.25, 0.3) is 11.0 Å². The van der Waals surface area contributed by atoms with Crippen LogP contribution in [0, 0.1) is 0 Å². The van der Waals surface area contributed by atoms with Gasteiger partial charge in [0, 0.05) is 31.9 Å². The maximum Gasteiger partial charge on any atom is 0.326 e. The highest BCUT2D eigenvalue weighted by Crippen LogP contribution is 2.24. The number of aromatic nitrogens is 5. The predicted octanol–water partition coefficient (Wildman–Crippen LogP) is 0.798. The molecule has 0 bridgehead atoms. The number of rotatable bonds is 6. The van der Waals surface area contributed by atoms with Gasteiger partial charge in [-0.2, -0.15) is 0 Å². The highest BCUT2D eigenvalue weighted by molar-refractivity contribution is 5.74. The second-order valence-electron chi connectivity index (χ2n) is 7.19. The van der Waals surface area contributed by atoms with Gasteiger partial charge in [-0.25, -0.2) is 9.48 Å². The van der Waals surface area contributed by atoms with Crippen molar-refractivity contribution in [3.8, 4) is 0 Å². The summed E-state index contributed by atoms with van der Waals surface area (Å²) in [7, 11) is 4.23. The third-order valence-electron chi connectivity index (χ3n) is 5.32. The van der Waals surface area contributed by atoms with E-state index in [1.165, 1.54) is 0 Å². The number of hydrogen-bond donors (Lipinski definition) is 1. The highest BCUT2D eigenvalue weighted by Gasteiger charge is 2.35. The molecule has 0 radical (unpaired) electrons. The summed E-state index contributed by atoms with van der Waals surface area (Å²) >= 11 is 0. The number of imidazole rings is 1. The number of hydrogen-bond acceptors (Lipinski definition) is 5. The van der Waals surface area contributed by atoms with E-state index >= 15 is 0 Å². The number of likely N-dealkylation sites (tertiary alicyclic amines) is 1. The maximum absolute atomic E-state index is 12.2. The summed E-state index contributed by atoms with van der Waals surface area (Å²) < 4.78 is 3.80. The lowest BCUT2D eigenvalue weighted by atomic mass is 10.1. The summed E-state index contributed by atoms with van der Waals surface area (Å²) in [5.74, 6) is 0. The molecule has 138 valence electrons. The molecular weight excluding hydrogens is 330 g/mol. The topological polar surface area (TPSA) is 75.0 Å². The summed E-state index contributed by atoms with van der Waals surface area (Å²) in [5, 5.41) is 8.15. The normalized spacial score (nSPS) is 21.2. The fourth-order valence-corrected chi connectivity index (χ4v) is 3.97. The van der Waals surface area contributed by atoms with Crippen molar-refractivity contribution < 1.29 is 0 Å². The van der Waals surface area contributed by atoms with Crippen LogP contribution in [0.3, 0.4) is 0 Å². The lowest BCUT2D eigenvalue weighted by Crippen LogP contribution is -2.36. The Bertz CT molecular complexity index is 911. The molecule has 8 nitrogen and oxygen atoms in total. The summed E-state index contributed by atoms with van der Waals surface area (Å²) in [6.07, 6.45) is 4.61. The number of likely N-dealkylation sites (N-methyl/N-ethyl adjacent to an activating group) is 1. The minimum Gasteiger partial charge on any atom is -0.306 e. The zero-order valence-electron chi connectivity index (χ0n) is 15.2. The van der Waals surface area contributed by atoms with Gasteiger partial charge in [0.1, 0.15) is 0 Å². The first-order valence-corrected chi connectivity index (χ1v) is 9.05. The van der Waals surface area contributed by atoms with E-state index in [9.17, 15) is 4.79 Å². The molecule has 1 aliphatic heterocycles. The second kappa shape index (κ2) is 7.05. The Balaban J connectivity index is 1.40. The van der Waals surface area contributed by atoms with E-state index in [1.54, 1.807) is 6.20 Å². The maximum atomic E-state index is 12.2. The predicted molar refractivity (Wildman–Crippen MR) is 100 cm³/mol. The number of aromatic amines is 1. The lowest BCUT2D eigenvalue weighted by Gasteiger charge is -2.24. The zero-order valence-corrected chi connectivity index (χ0v) is 15.2. The smallest absolute Gasteiger partial charge is 0.306 e. The summed E-state index contributed by atoms with van der Waals surface area (Å²) in [4.78, 5) is 19.8. The van der Waals surface area contributed by atoms with Gasteiger partial charge in [0.15, 0.2) is 0 Å². The van der Waals surface area contributed by atoms with Crippen LogP contribution in [0.2, 0.25) is 0 Å². The molecule has 3 aromatic rings. The van der Waals surface area contributed by atoms with Crippen molar-refractivity contribution in [2.45, 2.75) is 25.0 Å². The number of para-hydroxylation sites is 2. The molecular formula is C18H25N7O. The number of benzene rings is 1. The Morgan fingerprint density at radius 3 is 2.85 bits per heavy atom. The van der Waals surface area contributed by atoms with Gasteiger partial charge in [0.05, 0.1) is 23.3 Å². The molecule has 1 saturated heterocycles. The molecule has 1 aromatic carbocycles. The fourth-order valence-electron chi connectivity index (χ4n) is 3.97. The van der Waals surface area contributed by atoms with Crippen molar-refractivity contribution in [1.29, 1.82) is 0 Å². The van der Waals surface area contributed by atoms with Gasteiger partial charge in [-0.05, 0) is 39.2 Å².